The fourth-order valence-electron chi connectivity index (χ4n) is 5.50. The van der Waals surface area contributed by atoms with Gasteiger partial charge in [0.05, 0.1) is 23.3 Å². The maximum Gasteiger partial charge on any atom is 0.267 e. The maximum atomic E-state index is 13.2. The second-order valence-corrected chi connectivity index (χ2v) is 9.96. The van der Waals surface area contributed by atoms with Crippen molar-refractivity contribution in [2.75, 3.05) is 13.1 Å². The van der Waals surface area contributed by atoms with Crippen molar-refractivity contribution >= 4 is 11.4 Å². The minimum absolute atomic E-state index is 0.0848. The molecule has 1 atom stereocenters. The molecule has 1 aliphatic carbocycles. The van der Waals surface area contributed by atoms with Crippen molar-refractivity contribution < 1.29 is 4.79 Å². The van der Waals surface area contributed by atoms with Gasteiger partial charge in [-0.3, -0.25) is 23.9 Å². The van der Waals surface area contributed by atoms with Gasteiger partial charge in [0.15, 0.2) is 0 Å². The van der Waals surface area contributed by atoms with E-state index in [1.807, 2.05) is 30.3 Å². The highest BCUT2D eigenvalue weighted by Crippen LogP contribution is 2.34. The molecule has 1 saturated carbocycles. The van der Waals surface area contributed by atoms with E-state index in [1.165, 1.54) is 0 Å². The predicted octanol–water partition coefficient (Wildman–Crippen LogP) is 3.98. The second kappa shape index (κ2) is 10.1. The van der Waals surface area contributed by atoms with Gasteiger partial charge < -0.3 is 5.32 Å². The van der Waals surface area contributed by atoms with Gasteiger partial charge in [-0.2, -0.15) is 5.26 Å². The third-order valence-corrected chi connectivity index (χ3v) is 7.71. The number of aromatic nitrogens is 2. The van der Waals surface area contributed by atoms with Crippen molar-refractivity contribution in [2.24, 2.45) is 0 Å². The van der Waals surface area contributed by atoms with Crippen LogP contribution in [0.1, 0.15) is 60.1 Å². The molecule has 0 radical (unpaired) electrons. The highest BCUT2D eigenvalue weighted by atomic mass is 16.2. The summed E-state index contributed by atoms with van der Waals surface area (Å²) in [4.78, 5) is 33.2. The van der Waals surface area contributed by atoms with E-state index in [9.17, 15) is 14.9 Å². The Labute approximate surface area is 211 Å². The quantitative estimate of drug-likeness (QED) is 0.557. The third kappa shape index (κ3) is 4.57. The van der Waals surface area contributed by atoms with Crippen molar-refractivity contribution in [2.45, 2.75) is 56.5 Å². The van der Waals surface area contributed by atoms with E-state index in [0.717, 1.165) is 61.1 Å². The molecule has 36 heavy (non-hydrogen) atoms. The highest BCUT2D eigenvalue weighted by molar-refractivity contribution is 5.95. The van der Waals surface area contributed by atoms with Gasteiger partial charge in [0.1, 0.15) is 11.0 Å². The molecule has 2 aliphatic rings. The largest absolute Gasteiger partial charge is 0.345 e. The number of carbonyl (C=O) groups excluding carboxylic acids is 1. The van der Waals surface area contributed by atoms with Crippen molar-refractivity contribution in [1.82, 2.24) is 19.6 Å². The number of rotatable bonds is 5. The molecule has 7 nitrogen and oxygen atoms in total. The Kier molecular flexibility index (Phi) is 6.71. The van der Waals surface area contributed by atoms with Gasteiger partial charge in [0.2, 0.25) is 0 Å². The van der Waals surface area contributed by atoms with E-state index in [0.29, 0.717) is 19.4 Å². The lowest BCUT2D eigenvalue weighted by atomic mass is 9.76. The molecule has 3 aromatic heterocycles. The molecular formula is C29H31N5O2. The molecule has 0 spiro atoms. The Morgan fingerprint density at radius 3 is 2.72 bits per heavy atom. The van der Waals surface area contributed by atoms with E-state index < -0.39 is 5.41 Å². The molecule has 5 rings (SSSR count). The van der Waals surface area contributed by atoms with Gasteiger partial charge in [0, 0.05) is 32.0 Å². The Balaban J connectivity index is 1.39. The zero-order valence-corrected chi connectivity index (χ0v) is 20.4. The number of amides is 1. The third-order valence-electron chi connectivity index (χ3n) is 7.71. The normalized spacial score (nSPS) is 20.1. The van der Waals surface area contributed by atoms with Crippen LogP contribution in [0.2, 0.25) is 0 Å². The molecule has 4 heterocycles. The molecule has 7 heteroatoms. The number of nitriles is 1. The number of nitrogens with one attached hydrogen (secondary N) is 1. The number of fused-ring (bicyclic) bond motifs is 1. The molecule has 1 amide bonds. The van der Waals surface area contributed by atoms with E-state index in [4.69, 9.17) is 0 Å². The summed E-state index contributed by atoms with van der Waals surface area (Å²) < 4.78 is 1.57. The lowest BCUT2D eigenvalue weighted by molar-refractivity contribution is 0.0936. The number of piperidine rings is 1. The van der Waals surface area contributed by atoms with Crippen LogP contribution in [-0.2, 0) is 12.0 Å². The summed E-state index contributed by atoms with van der Waals surface area (Å²) in [5.74, 6) is -0.343. The van der Waals surface area contributed by atoms with Gasteiger partial charge >= 0.3 is 0 Å². The minimum Gasteiger partial charge on any atom is -0.345 e. The summed E-state index contributed by atoms with van der Waals surface area (Å²) in [7, 11) is 0. The fourth-order valence-corrected chi connectivity index (χ4v) is 5.50. The van der Waals surface area contributed by atoms with Gasteiger partial charge in [0.25, 0.3) is 11.5 Å². The molecule has 1 N–H and O–H groups in total. The smallest absolute Gasteiger partial charge is 0.267 e. The number of likely N-dealkylation sites (tertiary alicyclic amines) is 1. The number of hydrogen-bond donors (Lipinski definition) is 1. The zero-order valence-electron chi connectivity index (χ0n) is 20.4. The standard InChI is InChI=1S/C29H31N5O2/c1-21-8-2-3-9-24(21)32-27(35)23-18-22(25-10-5-7-15-34(25)28(23)36)19-33-16-12-29(20-30,13-17-33)26-11-4-6-14-31-26/h4-7,10-11,14-15,18,24H,1-3,8-9,12-13,16-17,19H2,(H,32,35)/t24-/m0/s1. The van der Waals surface area contributed by atoms with E-state index in [2.05, 4.69) is 27.8 Å². The van der Waals surface area contributed by atoms with Gasteiger partial charge in [-0.05, 0) is 68.0 Å². The van der Waals surface area contributed by atoms with Crippen LogP contribution in [0.3, 0.4) is 0 Å². The molecule has 184 valence electrons. The number of hydrogen-bond acceptors (Lipinski definition) is 5. The lowest BCUT2D eigenvalue weighted by Gasteiger charge is -2.37. The SMILES string of the molecule is C=C1CCCC[C@@H]1NC(=O)c1cc(CN2CCC(C#N)(c3ccccn3)CC2)c2ccccn2c1=O. The van der Waals surface area contributed by atoms with Crippen LogP contribution < -0.4 is 10.9 Å². The Hall–Kier alpha value is -3.76. The van der Waals surface area contributed by atoms with Crippen molar-refractivity contribution in [3.8, 4) is 6.07 Å². The molecule has 0 bridgehead atoms. The first-order valence-electron chi connectivity index (χ1n) is 12.7. The molecule has 2 fully saturated rings. The van der Waals surface area contributed by atoms with Gasteiger partial charge in [-0.25, -0.2) is 0 Å². The second-order valence-electron chi connectivity index (χ2n) is 9.96. The number of nitrogens with zero attached hydrogens (tertiary/aromatic N) is 4. The summed E-state index contributed by atoms with van der Waals surface area (Å²) >= 11 is 0. The Morgan fingerprint density at radius 1 is 1.19 bits per heavy atom. The molecule has 0 aromatic carbocycles. The van der Waals surface area contributed by atoms with Crippen molar-refractivity contribution in [1.29, 1.82) is 5.26 Å². The predicted molar refractivity (Wildman–Crippen MR) is 139 cm³/mol. The first-order chi connectivity index (χ1) is 17.5. The number of pyridine rings is 3. The Morgan fingerprint density at radius 2 is 2.00 bits per heavy atom. The molecular weight excluding hydrogens is 450 g/mol. The van der Waals surface area contributed by atoms with E-state index in [-0.39, 0.29) is 23.1 Å². The van der Waals surface area contributed by atoms with Crippen LogP contribution in [0, 0.1) is 11.3 Å². The number of carbonyl (C=O) groups is 1. The lowest BCUT2D eigenvalue weighted by Crippen LogP contribution is -2.42. The molecule has 0 unspecified atom stereocenters. The van der Waals surface area contributed by atoms with E-state index in [1.54, 1.807) is 28.9 Å². The monoisotopic (exact) mass is 481 g/mol. The summed E-state index contributed by atoms with van der Waals surface area (Å²) in [5.41, 5.74) is 2.83. The van der Waals surface area contributed by atoms with Crippen molar-refractivity contribution in [3.05, 3.63) is 94.2 Å². The van der Waals surface area contributed by atoms with Crippen LogP contribution in [0.15, 0.2) is 71.8 Å². The van der Waals surface area contributed by atoms with Crippen molar-refractivity contribution in [3.63, 3.8) is 0 Å². The maximum absolute atomic E-state index is 13.2. The van der Waals surface area contributed by atoms with Crippen LogP contribution in [0.4, 0.5) is 0 Å². The zero-order chi connectivity index (χ0) is 25.1. The van der Waals surface area contributed by atoms with Crippen LogP contribution in [-0.4, -0.2) is 39.3 Å². The van der Waals surface area contributed by atoms with Crippen LogP contribution >= 0.6 is 0 Å². The Bertz CT molecular complexity index is 1380. The first kappa shape index (κ1) is 24.0. The summed E-state index contributed by atoms with van der Waals surface area (Å²) in [6, 6.07) is 15.5. The fraction of sp³-hybridized carbons (Fsp3) is 0.379. The van der Waals surface area contributed by atoms with E-state index >= 15 is 0 Å². The van der Waals surface area contributed by atoms with Crippen LogP contribution in [0.25, 0.3) is 5.52 Å². The summed E-state index contributed by atoms with van der Waals surface area (Å²) in [6.07, 6.45) is 8.73. The molecule has 1 saturated heterocycles. The van der Waals surface area contributed by atoms with Crippen LogP contribution in [0.5, 0.6) is 0 Å². The summed E-state index contributed by atoms with van der Waals surface area (Å²) in [5, 5.41) is 13.0. The summed E-state index contributed by atoms with van der Waals surface area (Å²) in [6.45, 7) is 6.17. The van der Waals surface area contributed by atoms with Gasteiger partial charge in [-0.15, -0.1) is 0 Å². The average molecular weight is 482 g/mol. The minimum atomic E-state index is -0.582. The highest BCUT2D eigenvalue weighted by Gasteiger charge is 2.37. The molecule has 1 aliphatic heterocycles. The topological polar surface area (TPSA) is 90.5 Å². The van der Waals surface area contributed by atoms with Gasteiger partial charge in [-0.1, -0.05) is 30.7 Å². The average Bonchev–Trinajstić information content (AvgIpc) is 2.92. The first-order valence-corrected chi connectivity index (χ1v) is 12.7. The molecule has 3 aromatic rings.